The Kier molecular flexibility index (Phi) is 5.05. The minimum Gasteiger partial charge on any atom is -0.353 e. The Morgan fingerprint density at radius 3 is 2.53 bits per heavy atom. The van der Waals surface area contributed by atoms with Crippen LogP contribution in [0.25, 0.3) is 0 Å². The molecule has 4 heteroatoms. The van der Waals surface area contributed by atoms with Crippen LogP contribution < -0.4 is 16.4 Å². The van der Waals surface area contributed by atoms with Crippen molar-refractivity contribution in [2.75, 3.05) is 19.6 Å². The Hall–Kier alpha value is -0.610. The van der Waals surface area contributed by atoms with E-state index in [0.29, 0.717) is 6.54 Å². The lowest BCUT2D eigenvalue weighted by molar-refractivity contribution is -0.126. The fraction of sp³-hybridized carbons (Fsp3) is 0.909. The summed E-state index contributed by atoms with van der Waals surface area (Å²) in [5, 5.41) is 6.14. The molecule has 0 aromatic carbocycles. The van der Waals surface area contributed by atoms with Crippen molar-refractivity contribution in [3.63, 3.8) is 0 Å². The standard InChI is InChI=1S/C11H23N3O/c1-2-7-13-8-9-14-10(15)11(12)5-3-4-6-11/h13H,2-9,12H2,1H3,(H,14,15). The second kappa shape index (κ2) is 6.08. The molecule has 88 valence electrons. The summed E-state index contributed by atoms with van der Waals surface area (Å²) in [5.74, 6) is 0.0262. The Bertz CT molecular complexity index is 200. The van der Waals surface area contributed by atoms with Gasteiger partial charge in [-0.3, -0.25) is 4.79 Å². The van der Waals surface area contributed by atoms with Gasteiger partial charge in [0.2, 0.25) is 5.91 Å². The molecule has 4 nitrogen and oxygen atoms in total. The van der Waals surface area contributed by atoms with Gasteiger partial charge in [-0.1, -0.05) is 19.8 Å². The van der Waals surface area contributed by atoms with Gasteiger partial charge < -0.3 is 16.4 Å². The van der Waals surface area contributed by atoms with E-state index in [0.717, 1.165) is 45.2 Å². The van der Waals surface area contributed by atoms with E-state index in [-0.39, 0.29) is 5.91 Å². The lowest BCUT2D eigenvalue weighted by atomic mass is 9.98. The molecule has 0 spiro atoms. The number of carbonyl (C=O) groups excluding carboxylic acids is 1. The quantitative estimate of drug-likeness (QED) is 0.559. The number of nitrogens with two attached hydrogens (primary N) is 1. The maximum absolute atomic E-state index is 11.7. The van der Waals surface area contributed by atoms with E-state index in [1.807, 2.05) is 0 Å². The molecule has 1 rings (SSSR count). The first kappa shape index (κ1) is 12.5. The molecule has 0 unspecified atom stereocenters. The second-order valence-corrected chi connectivity index (χ2v) is 4.37. The molecule has 0 aliphatic heterocycles. The third kappa shape index (κ3) is 3.80. The maximum Gasteiger partial charge on any atom is 0.240 e. The summed E-state index contributed by atoms with van der Waals surface area (Å²) in [6.45, 7) is 4.63. The van der Waals surface area contributed by atoms with E-state index < -0.39 is 5.54 Å². The van der Waals surface area contributed by atoms with E-state index in [1.165, 1.54) is 0 Å². The first-order chi connectivity index (χ1) is 7.19. The highest BCUT2D eigenvalue weighted by Gasteiger charge is 2.36. The Morgan fingerprint density at radius 1 is 1.27 bits per heavy atom. The van der Waals surface area contributed by atoms with Crippen molar-refractivity contribution in [1.29, 1.82) is 0 Å². The van der Waals surface area contributed by atoms with E-state index >= 15 is 0 Å². The third-order valence-electron chi connectivity index (χ3n) is 2.96. The van der Waals surface area contributed by atoms with Crippen molar-refractivity contribution >= 4 is 5.91 Å². The first-order valence-electron chi connectivity index (χ1n) is 5.97. The zero-order valence-electron chi connectivity index (χ0n) is 9.64. The fourth-order valence-corrected chi connectivity index (χ4v) is 1.98. The van der Waals surface area contributed by atoms with Crippen molar-refractivity contribution in [3.05, 3.63) is 0 Å². The fourth-order valence-electron chi connectivity index (χ4n) is 1.98. The van der Waals surface area contributed by atoms with Crippen LogP contribution in [0.3, 0.4) is 0 Å². The molecule has 1 saturated carbocycles. The molecule has 4 N–H and O–H groups in total. The van der Waals surface area contributed by atoms with Crippen molar-refractivity contribution < 1.29 is 4.79 Å². The van der Waals surface area contributed by atoms with Gasteiger partial charge in [-0.15, -0.1) is 0 Å². The molecule has 15 heavy (non-hydrogen) atoms. The van der Waals surface area contributed by atoms with Crippen LogP contribution in [0.1, 0.15) is 39.0 Å². The number of carbonyl (C=O) groups is 1. The summed E-state index contributed by atoms with van der Waals surface area (Å²) in [5.41, 5.74) is 5.43. The van der Waals surface area contributed by atoms with E-state index in [4.69, 9.17) is 5.73 Å². The summed E-state index contributed by atoms with van der Waals surface area (Å²) >= 11 is 0. The van der Waals surface area contributed by atoms with Crippen LogP contribution in [0.15, 0.2) is 0 Å². The molecule has 0 aromatic rings. The Morgan fingerprint density at radius 2 is 1.93 bits per heavy atom. The number of amides is 1. The molecule has 0 radical (unpaired) electrons. The van der Waals surface area contributed by atoms with Crippen molar-refractivity contribution in [1.82, 2.24) is 10.6 Å². The highest BCUT2D eigenvalue weighted by Crippen LogP contribution is 2.26. The normalized spacial score (nSPS) is 19.1. The summed E-state index contributed by atoms with van der Waals surface area (Å²) < 4.78 is 0. The van der Waals surface area contributed by atoms with Crippen LogP contribution in [0.2, 0.25) is 0 Å². The van der Waals surface area contributed by atoms with Gasteiger partial charge in [0.15, 0.2) is 0 Å². The maximum atomic E-state index is 11.7. The third-order valence-corrected chi connectivity index (χ3v) is 2.96. The molecule has 0 bridgehead atoms. The van der Waals surface area contributed by atoms with Crippen LogP contribution in [-0.2, 0) is 4.79 Å². The van der Waals surface area contributed by atoms with Crippen LogP contribution in [-0.4, -0.2) is 31.1 Å². The topological polar surface area (TPSA) is 67.1 Å². The molecule has 0 saturated heterocycles. The molecule has 0 atom stereocenters. The lowest BCUT2D eigenvalue weighted by Crippen LogP contribution is -2.52. The van der Waals surface area contributed by atoms with Gasteiger partial charge in [-0.05, 0) is 25.8 Å². The van der Waals surface area contributed by atoms with Gasteiger partial charge >= 0.3 is 0 Å². The average molecular weight is 213 g/mol. The molecule has 1 aliphatic carbocycles. The van der Waals surface area contributed by atoms with Gasteiger partial charge in [0.25, 0.3) is 0 Å². The first-order valence-corrected chi connectivity index (χ1v) is 5.97. The van der Waals surface area contributed by atoms with Gasteiger partial charge in [-0.2, -0.15) is 0 Å². The summed E-state index contributed by atoms with van der Waals surface area (Å²) in [6.07, 6.45) is 4.95. The molecule has 0 heterocycles. The molecule has 1 amide bonds. The smallest absolute Gasteiger partial charge is 0.240 e. The largest absolute Gasteiger partial charge is 0.353 e. The Balaban J connectivity index is 2.12. The van der Waals surface area contributed by atoms with Crippen LogP contribution in [0.5, 0.6) is 0 Å². The predicted octanol–water partition coefficient (Wildman–Crippen LogP) is 0.374. The molecular formula is C11H23N3O. The number of hydrogen-bond donors (Lipinski definition) is 3. The number of nitrogens with one attached hydrogen (secondary N) is 2. The predicted molar refractivity (Wildman–Crippen MR) is 61.6 cm³/mol. The summed E-state index contributed by atoms with van der Waals surface area (Å²) in [6, 6.07) is 0. The number of hydrogen-bond acceptors (Lipinski definition) is 3. The molecule has 1 fully saturated rings. The zero-order valence-corrected chi connectivity index (χ0v) is 9.64. The zero-order chi connectivity index (χ0) is 11.1. The minimum absolute atomic E-state index is 0.0262. The van der Waals surface area contributed by atoms with Crippen molar-refractivity contribution in [2.45, 2.75) is 44.6 Å². The van der Waals surface area contributed by atoms with Gasteiger partial charge in [0.05, 0.1) is 5.54 Å². The van der Waals surface area contributed by atoms with Crippen molar-refractivity contribution in [3.8, 4) is 0 Å². The highest BCUT2D eigenvalue weighted by atomic mass is 16.2. The molecule has 1 aliphatic rings. The molecule has 0 aromatic heterocycles. The van der Waals surface area contributed by atoms with E-state index in [2.05, 4.69) is 17.6 Å². The van der Waals surface area contributed by atoms with Crippen molar-refractivity contribution in [2.24, 2.45) is 5.73 Å². The van der Waals surface area contributed by atoms with Gasteiger partial charge in [0.1, 0.15) is 0 Å². The monoisotopic (exact) mass is 213 g/mol. The average Bonchev–Trinajstić information content (AvgIpc) is 2.66. The van der Waals surface area contributed by atoms with Gasteiger partial charge in [-0.25, -0.2) is 0 Å². The summed E-state index contributed by atoms with van der Waals surface area (Å²) in [7, 11) is 0. The Labute approximate surface area is 92.0 Å². The van der Waals surface area contributed by atoms with E-state index in [9.17, 15) is 4.79 Å². The van der Waals surface area contributed by atoms with E-state index in [1.54, 1.807) is 0 Å². The second-order valence-electron chi connectivity index (χ2n) is 4.37. The summed E-state index contributed by atoms with van der Waals surface area (Å²) in [4.78, 5) is 11.7. The van der Waals surface area contributed by atoms with Gasteiger partial charge in [0, 0.05) is 13.1 Å². The minimum atomic E-state index is -0.579. The highest BCUT2D eigenvalue weighted by molar-refractivity contribution is 5.86. The van der Waals surface area contributed by atoms with Crippen LogP contribution in [0, 0.1) is 0 Å². The SMILES string of the molecule is CCCNCCNC(=O)C1(N)CCCC1. The van der Waals surface area contributed by atoms with Crippen LogP contribution in [0.4, 0.5) is 0 Å². The lowest BCUT2D eigenvalue weighted by Gasteiger charge is -2.22. The molecular weight excluding hydrogens is 190 g/mol. The number of rotatable bonds is 6. The van der Waals surface area contributed by atoms with Crippen LogP contribution >= 0.6 is 0 Å².